The van der Waals surface area contributed by atoms with Crippen LogP contribution in [0.1, 0.15) is 38.0 Å². The Morgan fingerprint density at radius 2 is 1.78 bits per heavy atom. The molecule has 12 nitrogen and oxygen atoms in total. The number of nitrogens with zero attached hydrogens (tertiary/aromatic N) is 5. The first kappa shape index (κ1) is 27.4. The van der Waals surface area contributed by atoms with Gasteiger partial charge in [0, 0.05) is 30.4 Å². The van der Waals surface area contributed by atoms with Crippen molar-refractivity contribution in [2.75, 3.05) is 26.1 Å². The molecule has 208 valence electrons. The Hall–Kier alpha value is -5.17. The van der Waals surface area contributed by atoms with Crippen LogP contribution in [-0.4, -0.2) is 68.8 Å². The van der Waals surface area contributed by atoms with Gasteiger partial charge in [-0.25, -0.2) is 0 Å². The zero-order valence-electron chi connectivity index (χ0n) is 22.0. The predicted octanol–water partition coefficient (Wildman–Crippen LogP) is 2.96. The van der Waals surface area contributed by atoms with Gasteiger partial charge in [0.15, 0.2) is 6.04 Å². The summed E-state index contributed by atoms with van der Waals surface area (Å²) in [4.78, 5) is 60.1. The van der Waals surface area contributed by atoms with Crippen LogP contribution in [0.25, 0.3) is 0 Å². The van der Waals surface area contributed by atoms with Gasteiger partial charge in [-0.1, -0.05) is 22.7 Å². The molecule has 4 aromatic rings. The van der Waals surface area contributed by atoms with Crippen molar-refractivity contribution >= 4 is 40.8 Å². The Labute approximate surface area is 238 Å². The average Bonchev–Trinajstić information content (AvgIpc) is 3.61. The van der Waals surface area contributed by atoms with Crippen molar-refractivity contribution in [2.45, 2.75) is 12.6 Å². The monoisotopic (exact) mass is 572 g/mol. The maximum absolute atomic E-state index is 13.9. The van der Waals surface area contributed by atoms with Crippen molar-refractivity contribution in [1.29, 1.82) is 0 Å². The number of amides is 4. The molecule has 0 aliphatic carbocycles. The number of pyridine rings is 1. The average molecular weight is 573 g/mol. The second-order valence-corrected chi connectivity index (χ2v) is 9.52. The number of rotatable bonds is 10. The lowest BCUT2D eigenvalue weighted by molar-refractivity contribution is -0.140. The quantitative estimate of drug-likeness (QED) is 0.284. The molecule has 2 aromatic heterocycles. The number of hydrogen-bond acceptors (Lipinski definition) is 10. The zero-order chi connectivity index (χ0) is 28.9. The molecule has 1 aliphatic heterocycles. The molecule has 0 saturated carbocycles. The number of aromatic nitrogens is 3. The second kappa shape index (κ2) is 11.9. The van der Waals surface area contributed by atoms with Gasteiger partial charge < -0.3 is 19.7 Å². The Kier molecular flexibility index (Phi) is 7.97. The molecule has 3 heterocycles. The normalized spacial score (nSPS) is 13.0. The minimum absolute atomic E-state index is 0.0643. The van der Waals surface area contributed by atoms with Crippen molar-refractivity contribution < 1.29 is 28.7 Å². The SMILES string of the molecule is COc1ccc(NC(=O)C(c2csnn2)N(Cc2cccnc2)C(=O)CN2C(=O)c3ccccc3C2=O)c(OC)c1. The maximum atomic E-state index is 13.9. The zero-order valence-corrected chi connectivity index (χ0v) is 22.8. The van der Waals surface area contributed by atoms with Crippen molar-refractivity contribution in [1.82, 2.24) is 24.4 Å². The first-order chi connectivity index (χ1) is 19.9. The van der Waals surface area contributed by atoms with Gasteiger partial charge in [-0.2, -0.15) is 0 Å². The van der Waals surface area contributed by atoms with Gasteiger partial charge in [-0.3, -0.25) is 29.1 Å². The summed E-state index contributed by atoms with van der Waals surface area (Å²) in [6, 6.07) is 13.4. The van der Waals surface area contributed by atoms with Gasteiger partial charge in [-0.05, 0) is 47.4 Å². The molecule has 0 saturated heterocycles. The third-order valence-electron chi connectivity index (χ3n) is 6.45. The van der Waals surface area contributed by atoms with Crippen molar-refractivity contribution in [3.63, 3.8) is 0 Å². The number of nitrogens with one attached hydrogen (secondary N) is 1. The molecule has 1 aliphatic rings. The minimum Gasteiger partial charge on any atom is -0.497 e. The van der Waals surface area contributed by atoms with Crippen LogP contribution in [0.15, 0.2) is 72.4 Å². The molecule has 0 fully saturated rings. The van der Waals surface area contributed by atoms with E-state index in [1.54, 1.807) is 60.2 Å². The second-order valence-electron chi connectivity index (χ2n) is 8.91. The Balaban J connectivity index is 1.50. The van der Waals surface area contributed by atoms with E-state index in [9.17, 15) is 19.2 Å². The van der Waals surface area contributed by atoms with Gasteiger partial charge in [-0.15, -0.1) is 5.10 Å². The van der Waals surface area contributed by atoms with Crippen LogP contribution in [-0.2, 0) is 16.1 Å². The Morgan fingerprint density at radius 1 is 1.02 bits per heavy atom. The standard InChI is InChI=1S/C28H24N6O6S/c1-39-18-9-10-21(23(12-18)40-2)30-26(36)25(22-16-41-32-31-22)33(14-17-6-5-11-29-13-17)24(35)15-34-27(37)19-7-3-4-8-20(19)28(34)38/h3-13,16,25H,14-15H2,1-2H3,(H,30,36). The molecule has 0 radical (unpaired) electrons. The molecule has 1 atom stereocenters. The highest BCUT2D eigenvalue weighted by atomic mass is 32.1. The first-order valence-electron chi connectivity index (χ1n) is 12.3. The maximum Gasteiger partial charge on any atom is 0.262 e. The van der Waals surface area contributed by atoms with Crippen molar-refractivity contribution in [3.8, 4) is 11.5 Å². The van der Waals surface area contributed by atoms with Crippen LogP contribution in [0.2, 0.25) is 0 Å². The third-order valence-corrected chi connectivity index (χ3v) is 6.97. The fourth-order valence-corrected chi connectivity index (χ4v) is 4.92. The van der Waals surface area contributed by atoms with E-state index in [-0.39, 0.29) is 23.4 Å². The van der Waals surface area contributed by atoms with Crippen LogP contribution in [0.4, 0.5) is 5.69 Å². The van der Waals surface area contributed by atoms with Crippen LogP contribution in [0.3, 0.4) is 0 Å². The molecule has 0 bridgehead atoms. The first-order valence-corrected chi connectivity index (χ1v) is 13.2. The van der Waals surface area contributed by atoms with E-state index >= 15 is 0 Å². The molecule has 41 heavy (non-hydrogen) atoms. The summed E-state index contributed by atoms with van der Waals surface area (Å²) in [6.45, 7) is -0.648. The molecule has 2 aromatic carbocycles. The van der Waals surface area contributed by atoms with Crippen LogP contribution in [0.5, 0.6) is 11.5 Å². The number of methoxy groups -OCH3 is 2. The largest absolute Gasteiger partial charge is 0.497 e. The number of carbonyl (C=O) groups is 4. The van der Waals surface area contributed by atoms with Gasteiger partial charge >= 0.3 is 0 Å². The van der Waals surface area contributed by atoms with E-state index in [2.05, 4.69) is 19.9 Å². The summed E-state index contributed by atoms with van der Waals surface area (Å²) >= 11 is 1.01. The summed E-state index contributed by atoms with van der Waals surface area (Å²) in [5, 5.41) is 8.45. The highest BCUT2D eigenvalue weighted by Gasteiger charge is 2.40. The number of anilines is 1. The number of ether oxygens (including phenoxy) is 2. The molecular weight excluding hydrogens is 548 g/mol. The fourth-order valence-electron chi connectivity index (χ4n) is 4.45. The van der Waals surface area contributed by atoms with E-state index in [0.717, 1.165) is 16.4 Å². The number of imide groups is 1. The lowest BCUT2D eigenvalue weighted by atomic mass is 10.1. The smallest absolute Gasteiger partial charge is 0.262 e. The highest BCUT2D eigenvalue weighted by molar-refractivity contribution is 7.03. The van der Waals surface area contributed by atoms with Crippen LogP contribution in [0, 0.1) is 0 Å². The van der Waals surface area contributed by atoms with E-state index in [0.29, 0.717) is 22.7 Å². The number of fused-ring (bicyclic) bond motifs is 1. The number of benzene rings is 2. The molecule has 1 N–H and O–H groups in total. The molecule has 0 spiro atoms. The molecule has 4 amide bonds. The molecule has 13 heteroatoms. The van der Waals surface area contributed by atoms with E-state index in [4.69, 9.17) is 9.47 Å². The van der Waals surface area contributed by atoms with E-state index in [1.165, 1.54) is 31.3 Å². The van der Waals surface area contributed by atoms with Crippen molar-refractivity contribution in [2.24, 2.45) is 0 Å². The summed E-state index contributed by atoms with van der Waals surface area (Å²) < 4.78 is 14.5. The third kappa shape index (κ3) is 5.61. The van der Waals surface area contributed by atoms with Crippen LogP contribution >= 0.6 is 11.5 Å². The predicted molar refractivity (Wildman–Crippen MR) is 147 cm³/mol. The number of hydrogen-bond donors (Lipinski definition) is 1. The van der Waals surface area contributed by atoms with E-state index < -0.39 is 36.2 Å². The van der Waals surface area contributed by atoms with Gasteiger partial charge in [0.05, 0.1) is 31.0 Å². The summed E-state index contributed by atoms with van der Waals surface area (Å²) in [5.41, 5.74) is 1.59. The van der Waals surface area contributed by atoms with Gasteiger partial charge in [0.25, 0.3) is 17.7 Å². The Bertz CT molecular complexity index is 1560. The van der Waals surface area contributed by atoms with Gasteiger partial charge in [0.2, 0.25) is 5.91 Å². The van der Waals surface area contributed by atoms with Crippen LogP contribution < -0.4 is 14.8 Å². The fraction of sp³-hybridized carbons (Fsp3) is 0.179. The summed E-state index contributed by atoms with van der Waals surface area (Å²) in [6.07, 6.45) is 3.14. The number of carbonyl (C=O) groups excluding carboxylic acids is 4. The molecule has 5 rings (SSSR count). The lowest BCUT2D eigenvalue weighted by Gasteiger charge is -2.31. The molecular formula is C28H24N6O6S. The molecule has 1 unspecified atom stereocenters. The highest BCUT2D eigenvalue weighted by Crippen LogP contribution is 2.32. The topological polar surface area (TPSA) is 144 Å². The Morgan fingerprint density at radius 3 is 2.39 bits per heavy atom. The summed E-state index contributed by atoms with van der Waals surface area (Å²) in [7, 11) is 2.96. The minimum atomic E-state index is -1.27. The van der Waals surface area contributed by atoms with E-state index in [1.807, 2.05) is 0 Å². The van der Waals surface area contributed by atoms with Crippen molar-refractivity contribution in [3.05, 3.63) is 94.8 Å². The van der Waals surface area contributed by atoms with Gasteiger partial charge in [0.1, 0.15) is 23.7 Å². The lowest BCUT2D eigenvalue weighted by Crippen LogP contribution is -2.47. The summed E-state index contributed by atoms with van der Waals surface area (Å²) in [5.74, 6) is -1.57.